The second-order valence-electron chi connectivity index (χ2n) is 2.28. The molecule has 1 aromatic rings. The molecule has 0 aliphatic carbocycles. The van der Waals surface area contributed by atoms with E-state index < -0.39 is 0 Å². The first kappa shape index (κ1) is 7.61. The Kier molecular flexibility index (Phi) is 2.33. The van der Waals surface area contributed by atoms with Crippen LogP contribution in [0.2, 0.25) is 0 Å². The van der Waals surface area contributed by atoms with E-state index in [-0.39, 0.29) is 0 Å². The van der Waals surface area contributed by atoms with E-state index in [1.807, 2.05) is 6.07 Å². The predicted molar refractivity (Wildman–Crippen MR) is 45.6 cm³/mol. The summed E-state index contributed by atoms with van der Waals surface area (Å²) in [7, 11) is 0. The van der Waals surface area contributed by atoms with Gasteiger partial charge in [0.15, 0.2) is 0 Å². The molecule has 0 aliphatic rings. The fraction of sp³-hybridized carbons (Fsp3) is 0.375. The first-order chi connectivity index (χ1) is 4.75. The molecule has 1 aromatic heterocycles. The molecule has 2 heteroatoms. The highest BCUT2D eigenvalue weighted by atomic mass is 32.1. The monoisotopic (exact) mass is 153 g/mol. The van der Waals surface area contributed by atoms with E-state index in [9.17, 15) is 0 Å². The zero-order valence-electron chi connectivity index (χ0n) is 6.26. The lowest BCUT2D eigenvalue weighted by atomic mass is 10.1. The van der Waals surface area contributed by atoms with Crippen LogP contribution in [0.1, 0.15) is 18.1 Å². The lowest BCUT2D eigenvalue weighted by Gasteiger charge is -2.02. The minimum Gasteiger partial charge on any atom is -0.250 e. The summed E-state index contributed by atoms with van der Waals surface area (Å²) >= 11 is 4.24. The van der Waals surface area contributed by atoms with Gasteiger partial charge in [-0.2, -0.15) is 0 Å². The highest BCUT2D eigenvalue weighted by Gasteiger charge is 1.98. The molecule has 1 rings (SSSR count). The van der Waals surface area contributed by atoms with Crippen LogP contribution in [0.3, 0.4) is 0 Å². The van der Waals surface area contributed by atoms with Crippen molar-refractivity contribution in [2.45, 2.75) is 25.3 Å². The average molecular weight is 153 g/mol. The zero-order valence-corrected chi connectivity index (χ0v) is 7.15. The van der Waals surface area contributed by atoms with Gasteiger partial charge in [0.2, 0.25) is 0 Å². The van der Waals surface area contributed by atoms with Crippen LogP contribution in [0.4, 0.5) is 0 Å². The first-order valence-corrected chi connectivity index (χ1v) is 3.84. The molecule has 0 unspecified atom stereocenters. The first-order valence-electron chi connectivity index (χ1n) is 3.39. The van der Waals surface area contributed by atoms with Crippen LogP contribution in [-0.4, -0.2) is 4.98 Å². The van der Waals surface area contributed by atoms with E-state index in [0.717, 1.165) is 11.4 Å². The van der Waals surface area contributed by atoms with E-state index in [1.54, 1.807) is 6.20 Å². The summed E-state index contributed by atoms with van der Waals surface area (Å²) < 4.78 is 0. The van der Waals surface area contributed by atoms with Gasteiger partial charge in [0.05, 0.1) is 5.03 Å². The van der Waals surface area contributed by atoms with Crippen molar-refractivity contribution < 1.29 is 0 Å². The molecule has 0 amide bonds. The smallest absolute Gasteiger partial charge is 0.0963 e. The standard InChI is InChI=1S/C8H11NS/c1-3-7-6(2)4-5-9-8(7)10/h4-5H,3H2,1-2H3,(H,9,10). The Balaban J connectivity index is 3.17. The van der Waals surface area contributed by atoms with Gasteiger partial charge in [0.25, 0.3) is 0 Å². The third-order valence-corrected chi connectivity index (χ3v) is 2.01. The maximum atomic E-state index is 4.24. The number of aromatic nitrogens is 1. The number of aryl methyl sites for hydroxylation is 1. The van der Waals surface area contributed by atoms with Gasteiger partial charge in [-0.15, -0.1) is 12.6 Å². The van der Waals surface area contributed by atoms with Gasteiger partial charge in [0.1, 0.15) is 0 Å². The Morgan fingerprint density at radius 1 is 1.60 bits per heavy atom. The van der Waals surface area contributed by atoms with Gasteiger partial charge in [-0.3, -0.25) is 0 Å². The molecular formula is C8H11NS. The molecule has 0 atom stereocenters. The third-order valence-electron chi connectivity index (χ3n) is 1.62. The molecule has 0 saturated carbocycles. The number of hydrogen-bond donors (Lipinski definition) is 1. The Labute approximate surface area is 66.9 Å². The summed E-state index contributed by atoms with van der Waals surface area (Å²) in [4.78, 5) is 4.07. The summed E-state index contributed by atoms with van der Waals surface area (Å²) in [5, 5.41) is 0.863. The van der Waals surface area contributed by atoms with Crippen LogP contribution in [0, 0.1) is 6.92 Å². The van der Waals surface area contributed by atoms with Gasteiger partial charge >= 0.3 is 0 Å². The SMILES string of the molecule is CCc1c(C)ccnc1S. The summed E-state index contributed by atoms with van der Waals surface area (Å²) in [6, 6.07) is 2.01. The third kappa shape index (κ3) is 1.32. The van der Waals surface area contributed by atoms with E-state index >= 15 is 0 Å². The number of pyridine rings is 1. The molecule has 0 fully saturated rings. The van der Waals surface area contributed by atoms with Crippen LogP contribution in [-0.2, 0) is 6.42 Å². The highest BCUT2D eigenvalue weighted by molar-refractivity contribution is 7.80. The lowest BCUT2D eigenvalue weighted by molar-refractivity contribution is 0.976. The summed E-state index contributed by atoms with van der Waals surface area (Å²) in [6.45, 7) is 4.20. The van der Waals surface area contributed by atoms with Crippen molar-refractivity contribution >= 4 is 12.6 Å². The van der Waals surface area contributed by atoms with E-state index in [4.69, 9.17) is 0 Å². The van der Waals surface area contributed by atoms with Crippen molar-refractivity contribution in [3.8, 4) is 0 Å². The fourth-order valence-electron chi connectivity index (χ4n) is 1.01. The fourth-order valence-corrected chi connectivity index (χ4v) is 1.41. The molecule has 0 N–H and O–H groups in total. The van der Waals surface area contributed by atoms with Crippen LogP contribution in [0.15, 0.2) is 17.3 Å². The Morgan fingerprint density at radius 3 is 2.70 bits per heavy atom. The van der Waals surface area contributed by atoms with Crippen LogP contribution in [0.5, 0.6) is 0 Å². The molecule has 1 heterocycles. The second kappa shape index (κ2) is 3.06. The topological polar surface area (TPSA) is 12.9 Å². The molecule has 0 spiro atoms. The summed E-state index contributed by atoms with van der Waals surface area (Å²) in [5.41, 5.74) is 2.54. The Hall–Kier alpha value is -0.500. The van der Waals surface area contributed by atoms with Gasteiger partial charge in [-0.05, 0) is 30.5 Å². The number of hydrogen-bond acceptors (Lipinski definition) is 2. The predicted octanol–water partition coefficient (Wildman–Crippen LogP) is 2.24. The number of rotatable bonds is 1. The van der Waals surface area contributed by atoms with Crippen LogP contribution in [0.25, 0.3) is 0 Å². The van der Waals surface area contributed by atoms with Gasteiger partial charge in [0, 0.05) is 6.20 Å². The molecule has 1 nitrogen and oxygen atoms in total. The molecule has 0 aromatic carbocycles. The van der Waals surface area contributed by atoms with Gasteiger partial charge in [-0.1, -0.05) is 6.92 Å². The number of nitrogens with zero attached hydrogens (tertiary/aromatic N) is 1. The molecule has 0 saturated heterocycles. The molecule has 10 heavy (non-hydrogen) atoms. The van der Waals surface area contributed by atoms with Crippen molar-refractivity contribution in [3.05, 3.63) is 23.4 Å². The van der Waals surface area contributed by atoms with Gasteiger partial charge in [-0.25, -0.2) is 4.98 Å². The minimum absolute atomic E-state index is 0.863. The molecule has 54 valence electrons. The van der Waals surface area contributed by atoms with Crippen LogP contribution >= 0.6 is 12.6 Å². The van der Waals surface area contributed by atoms with E-state index in [2.05, 4.69) is 31.5 Å². The zero-order chi connectivity index (χ0) is 7.56. The van der Waals surface area contributed by atoms with Crippen molar-refractivity contribution in [1.29, 1.82) is 0 Å². The van der Waals surface area contributed by atoms with Crippen molar-refractivity contribution in [1.82, 2.24) is 4.98 Å². The highest BCUT2D eigenvalue weighted by Crippen LogP contribution is 2.14. The Morgan fingerprint density at radius 2 is 2.30 bits per heavy atom. The summed E-state index contributed by atoms with van der Waals surface area (Å²) in [5.74, 6) is 0. The van der Waals surface area contributed by atoms with Crippen molar-refractivity contribution in [2.24, 2.45) is 0 Å². The summed E-state index contributed by atoms with van der Waals surface area (Å²) in [6.07, 6.45) is 2.80. The Bertz CT molecular complexity index is 212. The van der Waals surface area contributed by atoms with Gasteiger partial charge < -0.3 is 0 Å². The number of thiol groups is 1. The largest absolute Gasteiger partial charge is 0.250 e. The lowest BCUT2D eigenvalue weighted by Crippen LogP contribution is -1.90. The minimum atomic E-state index is 0.863. The molecule has 0 bridgehead atoms. The maximum absolute atomic E-state index is 4.24. The molecular weight excluding hydrogens is 142 g/mol. The van der Waals surface area contributed by atoms with Crippen molar-refractivity contribution in [3.63, 3.8) is 0 Å². The van der Waals surface area contributed by atoms with Crippen molar-refractivity contribution in [2.75, 3.05) is 0 Å². The maximum Gasteiger partial charge on any atom is 0.0963 e. The van der Waals surface area contributed by atoms with E-state index in [1.165, 1.54) is 11.1 Å². The average Bonchev–Trinajstić information content (AvgIpc) is 1.88. The molecule has 0 aliphatic heterocycles. The van der Waals surface area contributed by atoms with Crippen LogP contribution < -0.4 is 0 Å². The normalized spacial score (nSPS) is 9.90. The molecule has 0 radical (unpaired) electrons. The quantitative estimate of drug-likeness (QED) is 0.610. The second-order valence-corrected chi connectivity index (χ2v) is 2.71. The van der Waals surface area contributed by atoms with E-state index in [0.29, 0.717) is 0 Å².